The summed E-state index contributed by atoms with van der Waals surface area (Å²) in [4.78, 5) is 2.37. The normalized spacial score (nSPS) is 23.5. The molecular weight excluding hydrogens is 393 g/mol. The van der Waals surface area contributed by atoms with Crippen LogP contribution in [0.5, 0.6) is 11.5 Å². The largest absolute Gasteiger partial charge is 0.454 e. The van der Waals surface area contributed by atoms with Crippen molar-refractivity contribution in [1.82, 2.24) is 10.9 Å². The van der Waals surface area contributed by atoms with Gasteiger partial charge in [0.2, 0.25) is 6.79 Å². The maximum absolute atomic E-state index is 13.8. The topological polar surface area (TPSA) is 45.8 Å². The zero-order valence-corrected chi connectivity index (χ0v) is 17.3. The summed E-state index contributed by atoms with van der Waals surface area (Å²) in [6.45, 7) is 3.93. The summed E-state index contributed by atoms with van der Waals surface area (Å²) < 4.78 is 24.9. The number of hydrogen-bond donors (Lipinski definition) is 2. The third kappa shape index (κ3) is 3.23. The van der Waals surface area contributed by atoms with Gasteiger partial charge in [0, 0.05) is 24.7 Å². The molecule has 0 aliphatic carbocycles. The Labute approximate surface area is 180 Å². The Bertz CT molecular complexity index is 1150. The van der Waals surface area contributed by atoms with Crippen molar-refractivity contribution >= 4 is 5.69 Å². The number of nitrogens with zero attached hydrogens (tertiary/aromatic N) is 1. The van der Waals surface area contributed by atoms with Crippen LogP contribution in [0.15, 0.2) is 60.7 Å². The molecule has 3 aliphatic rings. The minimum atomic E-state index is -0.195. The fraction of sp³-hybridized carbons (Fsp3) is 0.280. The molecule has 3 aliphatic heterocycles. The highest BCUT2D eigenvalue weighted by molar-refractivity contribution is 5.60. The molecule has 6 rings (SSSR count). The molecule has 1 saturated heterocycles. The fourth-order valence-electron chi connectivity index (χ4n) is 5.11. The van der Waals surface area contributed by atoms with Gasteiger partial charge in [-0.1, -0.05) is 35.9 Å². The van der Waals surface area contributed by atoms with Crippen LogP contribution in [0, 0.1) is 18.7 Å². The van der Waals surface area contributed by atoms with Crippen molar-refractivity contribution in [2.75, 3.05) is 18.2 Å². The molecule has 0 spiro atoms. The molecule has 3 aromatic carbocycles. The molecule has 0 aromatic heterocycles. The second kappa shape index (κ2) is 7.25. The molecule has 0 bridgehead atoms. The quantitative estimate of drug-likeness (QED) is 0.662. The predicted molar refractivity (Wildman–Crippen MR) is 116 cm³/mol. The summed E-state index contributed by atoms with van der Waals surface area (Å²) in [6, 6.07) is 20.0. The average molecular weight is 417 g/mol. The van der Waals surface area contributed by atoms with Crippen LogP contribution in [0.4, 0.5) is 10.1 Å². The minimum Gasteiger partial charge on any atom is -0.454 e. The van der Waals surface area contributed by atoms with Crippen LogP contribution < -0.4 is 25.2 Å². The Balaban J connectivity index is 1.36. The van der Waals surface area contributed by atoms with Crippen molar-refractivity contribution in [3.8, 4) is 11.5 Å². The van der Waals surface area contributed by atoms with E-state index >= 15 is 0 Å². The molecule has 1 fully saturated rings. The molecule has 0 saturated carbocycles. The molecule has 0 amide bonds. The maximum Gasteiger partial charge on any atom is 0.231 e. The van der Waals surface area contributed by atoms with E-state index in [4.69, 9.17) is 9.47 Å². The van der Waals surface area contributed by atoms with E-state index in [1.54, 1.807) is 12.1 Å². The van der Waals surface area contributed by atoms with Gasteiger partial charge in [0.15, 0.2) is 11.5 Å². The molecule has 31 heavy (non-hydrogen) atoms. The van der Waals surface area contributed by atoms with Gasteiger partial charge in [-0.2, -0.15) is 0 Å². The van der Waals surface area contributed by atoms with E-state index in [0.29, 0.717) is 12.5 Å². The van der Waals surface area contributed by atoms with Gasteiger partial charge >= 0.3 is 0 Å². The Morgan fingerprint density at radius 1 is 0.968 bits per heavy atom. The molecule has 3 heterocycles. The fourth-order valence-corrected chi connectivity index (χ4v) is 5.11. The standard InChI is InChI=1S/C25H24FN3O2/c1-15-5-7-21-19(9-15)25-20(13-29(21)12-16-3-2-4-18(26)10-16)24(27-28-25)17-6-8-22-23(11-17)31-14-30-22/h2-11,20,24-25,27-28H,12-14H2,1H3. The Kier molecular flexibility index (Phi) is 4.37. The third-order valence-corrected chi connectivity index (χ3v) is 6.56. The van der Waals surface area contributed by atoms with Crippen LogP contribution in [0.3, 0.4) is 0 Å². The van der Waals surface area contributed by atoms with Crippen molar-refractivity contribution in [3.63, 3.8) is 0 Å². The van der Waals surface area contributed by atoms with Gasteiger partial charge in [0.1, 0.15) is 5.82 Å². The lowest BCUT2D eigenvalue weighted by atomic mass is 9.81. The summed E-state index contributed by atoms with van der Waals surface area (Å²) >= 11 is 0. The molecule has 3 unspecified atom stereocenters. The Morgan fingerprint density at radius 3 is 2.74 bits per heavy atom. The van der Waals surface area contributed by atoms with E-state index in [1.165, 1.54) is 28.4 Å². The van der Waals surface area contributed by atoms with Gasteiger partial charge in [-0.3, -0.25) is 0 Å². The van der Waals surface area contributed by atoms with E-state index in [9.17, 15) is 4.39 Å². The first-order valence-electron chi connectivity index (χ1n) is 10.7. The van der Waals surface area contributed by atoms with Crippen molar-refractivity contribution in [3.05, 3.63) is 88.7 Å². The highest BCUT2D eigenvalue weighted by Crippen LogP contribution is 2.47. The van der Waals surface area contributed by atoms with E-state index < -0.39 is 0 Å². The molecule has 5 nitrogen and oxygen atoms in total. The summed E-state index contributed by atoms with van der Waals surface area (Å²) in [6.07, 6.45) is 0. The van der Waals surface area contributed by atoms with Crippen LogP contribution in [-0.4, -0.2) is 13.3 Å². The molecular formula is C25H24FN3O2. The zero-order valence-electron chi connectivity index (χ0n) is 17.3. The molecule has 3 atom stereocenters. The molecule has 158 valence electrons. The van der Waals surface area contributed by atoms with Crippen LogP contribution in [-0.2, 0) is 6.54 Å². The SMILES string of the molecule is Cc1ccc2c(c1)C1NNC(c3ccc4c(c3)OCO4)C1CN2Cc1cccc(F)c1. The van der Waals surface area contributed by atoms with E-state index in [2.05, 4.69) is 53.0 Å². The van der Waals surface area contributed by atoms with Crippen molar-refractivity contribution in [2.24, 2.45) is 5.92 Å². The lowest BCUT2D eigenvalue weighted by molar-refractivity contribution is 0.174. The minimum absolute atomic E-state index is 0.128. The lowest BCUT2D eigenvalue weighted by Gasteiger charge is -2.39. The number of halogens is 1. The van der Waals surface area contributed by atoms with Gasteiger partial charge in [-0.15, -0.1) is 0 Å². The second-order valence-corrected chi connectivity index (χ2v) is 8.59. The number of ether oxygens (including phenoxy) is 2. The summed E-state index contributed by atoms with van der Waals surface area (Å²) in [7, 11) is 0. The van der Waals surface area contributed by atoms with Gasteiger partial charge in [-0.05, 0) is 53.9 Å². The van der Waals surface area contributed by atoms with E-state index in [0.717, 1.165) is 23.6 Å². The first kappa shape index (κ1) is 18.7. The van der Waals surface area contributed by atoms with E-state index in [1.807, 2.05) is 12.1 Å². The summed E-state index contributed by atoms with van der Waals surface area (Å²) in [5, 5.41) is 0. The predicted octanol–water partition coefficient (Wildman–Crippen LogP) is 4.39. The molecule has 3 aromatic rings. The lowest BCUT2D eigenvalue weighted by Crippen LogP contribution is -2.39. The van der Waals surface area contributed by atoms with Crippen LogP contribution in [0.25, 0.3) is 0 Å². The first-order valence-corrected chi connectivity index (χ1v) is 10.7. The average Bonchev–Trinajstić information content (AvgIpc) is 3.40. The number of nitrogens with one attached hydrogen (secondary N) is 2. The molecule has 6 heteroatoms. The summed E-state index contributed by atoms with van der Waals surface area (Å²) in [5.41, 5.74) is 12.9. The Morgan fingerprint density at radius 2 is 1.84 bits per heavy atom. The number of rotatable bonds is 3. The van der Waals surface area contributed by atoms with E-state index in [-0.39, 0.29) is 24.7 Å². The van der Waals surface area contributed by atoms with Crippen LogP contribution >= 0.6 is 0 Å². The number of benzene rings is 3. The van der Waals surface area contributed by atoms with Gasteiger partial charge in [0.25, 0.3) is 0 Å². The monoisotopic (exact) mass is 417 g/mol. The van der Waals surface area contributed by atoms with Crippen LogP contribution in [0.1, 0.15) is 34.3 Å². The number of aryl methyl sites for hydroxylation is 1. The van der Waals surface area contributed by atoms with Gasteiger partial charge in [-0.25, -0.2) is 15.2 Å². The number of hydrazine groups is 1. The smallest absolute Gasteiger partial charge is 0.231 e. The summed E-state index contributed by atoms with van der Waals surface area (Å²) in [5.74, 6) is 1.71. The molecule has 0 radical (unpaired) electrons. The van der Waals surface area contributed by atoms with Crippen molar-refractivity contribution in [2.45, 2.75) is 25.6 Å². The highest BCUT2D eigenvalue weighted by atomic mass is 19.1. The highest BCUT2D eigenvalue weighted by Gasteiger charge is 2.43. The van der Waals surface area contributed by atoms with Gasteiger partial charge in [0.05, 0.1) is 12.1 Å². The number of fused-ring (bicyclic) bond motifs is 4. The Hall–Kier alpha value is -3.09. The second-order valence-electron chi connectivity index (χ2n) is 8.59. The van der Waals surface area contributed by atoms with Crippen molar-refractivity contribution < 1.29 is 13.9 Å². The third-order valence-electron chi connectivity index (χ3n) is 6.56. The molecule has 2 N–H and O–H groups in total. The van der Waals surface area contributed by atoms with Crippen molar-refractivity contribution in [1.29, 1.82) is 0 Å². The number of hydrogen-bond acceptors (Lipinski definition) is 5. The van der Waals surface area contributed by atoms with Crippen LogP contribution in [0.2, 0.25) is 0 Å². The van der Waals surface area contributed by atoms with Gasteiger partial charge < -0.3 is 14.4 Å². The number of anilines is 1. The first-order chi connectivity index (χ1) is 15.2. The maximum atomic E-state index is 13.8. The zero-order chi connectivity index (χ0) is 20.9.